The van der Waals surface area contributed by atoms with Crippen LogP contribution in [0, 0.1) is 5.82 Å². The van der Waals surface area contributed by atoms with Gasteiger partial charge in [-0.1, -0.05) is 18.2 Å². The lowest BCUT2D eigenvalue weighted by Gasteiger charge is -2.16. The molecule has 1 fully saturated rings. The molecule has 110 valence electrons. The molecule has 1 amide bonds. The number of halogens is 1. The van der Waals surface area contributed by atoms with Crippen molar-refractivity contribution in [1.82, 2.24) is 5.32 Å². The smallest absolute Gasteiger partial charge is 0.249 e. The summed E-state index contributed by atoms with van der Waals surface area (Å²) in [7, 11) is 0. The number of aliphatic hydroxyl groups excluding tert-OH is 1. The van der Waals surface area contributed by atoms with Crippen molar-refractivity contribution in [2.75, 3.05) is 13.1 Å². The van der Waals surface area contributed by atoms with Crippen molar-refractivity contribution >= 4 is 5.91 Å². The summed E-state index contributed by atoms with van der Waals surface area (Å²) in [5.41, 5.74) is 5.64. The van der Waals surface area contributed by atoms with Gasteiger partial charge in [0.15, 0.2) is 0 Å². The number of benzene rings is 1. The Hall–Kier alpha value is -1.50. The predicted octanol–water partition coefficient (Wildman–Crippen LogP) is 0.482. The SMILES string of the molecule is NC[C@H]1CC[C@@H](C(=O)NCC(O)c2ccccc2F)O1. The molecule has 1 aromatic carbocycles. The van der Waals surface area contributed by atoms with E-state index >= 15 is 0 Å². The van der Waals surface area contributed by atoms with E-state index in [4.69, 9.17) is 10.5 Å². The standard InChI is InChI=1S/C14H19FN2O3/c15-11-4-2-1-3-10(11)12(18)8-17-14(19)13-6-5-9(7-16)20-13/h1-4,9,12-13,18H,5-8,16H2,(H,17,19)/t9-,12?,13+/m1/s1. The van der Waals surface area contributed by atoms with Gasteiger partial charge in [-0.25, -0.2) is 4.39 Å². The monoisotopic (exact) mass is 282 g/mol. The molecule has 0 bridgehead atoms. The van der Waals surface area contributed by atoms with Gasteiger partial charge in [-0.05, 0) is 18.9 Å². The number of nitrogens with two attached hydrogens (primary N) is 1. The molecule has 20 heavy (non-hydrogen) atoms. The van der Waals surface area contributed by atoms with Gasteiger partial charge in [0.1, 0.15) is 11.9 Å². The van der Waals surface area contributed by atoms with E-state index in [1.54, 1.807) is 12.1 Å². The molecule has 0 aliphatic carbocycles. The van der Waals surface area contributed by atoms with E-state index in [0.29, 0.717) is 13.0 Å². The van der Waals surface area contributed by atoms with E-state index < -0.39 is 18.0 Å². The van der Waals surface area contributed by atoms with Crippen LogP contribution in [0.15, 0.2) is 24.3 Å². The maximum Gasteiger partial charge on any atom is 0.249 e. The van der Waals surface area contributed by atoms with Crippen LogP contribution in [0.1, 0.15) is 24.5 Å². The van der Waals surface area contributed by atoms with Gasteiger partial charge < -0.3 is 20.9 Å². The minimum absolute atomic E-state index is 0.0487. The molecule has 5 nitrogen and oxygen atoms in total. The van der Waals surface area contributed by atoms with Crippen molar-refractivity contribution in [2.24, 2.45) is 5.73 Å². The van der Waals surface area contributed by atoms with Crippen molar-refractivity contribution in [3.05, 3.63) is 35.6 Å². The van der Waals surface area contributed by atoms with Crippen LogP contribution in [-0.2, 0) is 9.53 Å². The number of aliphatic hydroxyl groups is 1. The second kappa shape index (κ2) is 6.78. The fourth-order valence-electron chi connectivity index (χ4n) is 2.24. The summed E-state index contributed by atoms with van der Waals surface area (Å²) in [5.74, 6) is -0.786. The highest BCUT2D eigenvalue weighted by atomic mass is 19.1. The number of carbonyl (C=O) groups is 1. The second-order valence-electron chi connectivity index (χ2n) is 4.84. The first-order valence-electron chi connectivity index (χ1n) is 6.67. The van der Waals surface area contributed by atoms with Crippen LogP contribution in [-0.4, -0.2) is 36.3 Å². The van der Waals surface area contributed by atoms with E-state index in [1.165, 1.54) is 12.1 Å². The molecule has 1 aromatic rings. The molecular formula is C14H19FN2O3. The Morgan fingerprint density at radius 3 is 2.90 bits per heavy atom. The Bertz CT molecular complexity index is 469. The average Bonchev–Trinajstić information content (AvgIpc) is 2.94. The number of hydrogen-bond acceptors (Lipinski definition) is 4. The van der Waals surface area contributed by atoms with Gasteiger partial charge in [0, 0.05) is 18.7 Å². The number of hydrogen-bond donors (Lipinski definition) is 3. The third kappa shape index (κ3) is 3.53. The van der Waals surface area contributed by atoms with Gasteiger partial charge in [0.2, 0.25) is 5.91 Å². The molecule has 1 aliphatic rings. The van der Waals surface area contributed by atoms with Crippen LogP contribution in [0.5, 0.6) is 0 Å². The Kier molecular flexibility index (Phi) is 5.05. The molecule has 1 heterocycles. The lowest BCUT2D eigenvalue weighted by atomic mass is 10.1. The summed E-state index contributed by atoms with van der Waals surface area (Å²) >= 11 is 0. The summed E-state index contributed by atoms with van der Waals surface area (Å²) in [6.07, 6.45) is -0.320. The average molecular weight is 282 g/mol. The Labute approximate surface area is 116 Å². The highest BCUT2D eigenvalue weighted by Gasteiger charge is 2.30. The van der Waals surface area contributed by atoms with Crippen LogP contribution < -0.4 is 11.1 Å². The van der Waals surface area contributed by atoms with Crippen molar-refractivity contribution < 1.29 is 19.0 Å². The first-order chi connectivity index (χ1) is 9.61. The summed E-state index contributed by atoms with van der Waals surface area (Å²) < 4.78 is 18.9. The van der Waals surface area contributed by atoms with E-state index in [-0.39, 0.29) is 24.1 Å². The van der Waals surface area contributed by atoms with E-state index in [9.17, 15) is 14.3 Å². The Morgan fingerprint density at radius 1 is 1.50 bits per heavy atom. The van der Waals surface area contributed by atoms with Crippen molar-refractivity contribution in [3.8, 4) is 0 Å². The zero-order chi connectivity index (χ0) is 14.5. The number of nitrogens with one attached hydrogen (secondary N) is 1. The fourth-order valence-corrected chi connectivity index (χ4v) is 2.24. The lowest BCUT2D eigenvalue weighted by Crippen LogP contribution is -2.37. The normalized spacial score (nSPS) is 23.6. The number of carbonyl (C=O) groups excluding carboxylic acids is 1. The van der Waals surface area contributed by atoms with E-state index in [2.05, 4.69) is 5.32 Å². The number of rotatable bonds is 5. The topological polar surface area (TPSA) is 84.6 Å². The van der Waals surface area contributed by atoms with E-state index in [0.717, 1.165) is 6.42 Å². The lowest BCUT2D eigenvalue weighted by molar-refractivity contribution is -0.132. The van der Waals surface area contributed by atoms with Crippen LogP contribution >= 0.6 is 0 Å². The molecule has 1 unspecified atom stereocenters. The Balaban J connectivity index is 1.83. The molecule has 0 saturated carbocycles. The molecule has 4 N–H and O–H groups in total. The van der Waals surface area contributed by atoms with Gasteiger partial charge in [-0.2, -0.15) is 0 Å². The first-order valence-corrected chi connectivity index (χ1v) is 6.67. The molecule has 0 radical (unpaired) electrons. The number of amides is 1. The zero-order valence-corrected chi connectivity index (χ0v) is 11.1. The molecule has 1 saturated heterocycles. The molecule has 0 aromatic heterocycles. The fraction of sp³-hybridized carbons (Fsp3) is 0.500. The Morgan fingerprint density at radius 2 is 2.25 bits per heavy atom. The maximum absolute atomic E-state index is 13.5. The first kappa shape index (κ1) is 14.9. The van der Waals surface area contributed by atoms with Crippen LogP contribution in [0.4, 0.5) is 4.39 Å². The van der Waals surface area contributed by atoms with Crippen molar-refractivity contribution in [3.63, 3.8) is 0 Å². The van der Waals surface area contributed by atoms with Gasteiger partial charge in [-0.15, -0.1) is 0 Å². The second-order valence-corrected chi connectivity index (χ2v) is 4.84. The van der Waals surface area contributed by atoms with Gasteiger partial charge >= 0.3 is 0 Å². The summed E-state index contributed by atoms with van der Waals surface area (Å²) in [5, 5.41) is 12.4. The number of ether oxygens (including phenoxy) is 1. The van der Waals surface area contributed by atoms with Crippen molar-refractivity contribution in [1.29, 1.82) is 0 Å². The summed E-state index contributed by atoms with van der Waals surface area (Å²) in [6.45, 7) is 0.342. The van der Waals surface area contributed by atoms with Gasteiger partial charge in [-0.3, -0.25) is 4.79 Å². The maximum atomic E-state index is 13.5. The highest BCUT2D eigenvalue weighted by molar-refractivity contribution is 5.81. The molecule has 3 atom stereocenters. The largest absolute Gasteiger partial charge is 0.386 e. The molecule has 0 spiro atoms. The van der Waals surface area contributed by atoms with Crippen molar-refractivity contribution in [2.45, 2.75) is 31.2 Å². The summed E-state index contributed by atoms with van der Waals surface area (Å²) in [4.78, 5) is 11.8. The minimum Gasteiger partial charge on any atom is -0.386 e. The van der Waals surface area contributed by atoms with Crippen LogP contribution in [0.25, 0.3) is 0 Å². The van der Waals surface area contributed by atoms with E-state index in [1.807, 2.05) is 0 Å². The predicted molar refractivity (Wildman–Crippen MR) is 71.3 cm³/mol. The van der Waals surface area contributed by atoms with Gasteiger partial charge in [0.05, 0.1) is 12.2 Å². The molecule has 1 aliphatic heterocycles. The molecular weight excluding hydrogens is 263 g/mol. The summed E-state index contributed by atoms with van der Waals surface area (Å²) in [6, 6.07) is 5.94. The molecule has 6 heteroatoms. The molecule has 2 rings (SSSR count). The quantitative estimate of drug-likeness (QED) is 0.733. The third-order valence-corrected chi connectivity index (χ3v) is 3.40. The van der Waals surface area contributed by atoms with Crippen LogP contribution in [0.3, 0.4) is 0 Å². The highest BCUT2D eigenvalue weighted by Crippen LogP contribution is 2.19. The van der Waals surface area contributed by atoms with Gasteiger partial charge in [0.25, 0.3) is 0 Å². The zero-order valence-electron chi connectivity index (χ0n) is 11.1. The van der Waals surface area contributed by atoms with Crippen LogP contribution in [0.2, 0.25) is 0 Å². The minimum atomic E-state index is -1.08. The third-order valence-electron chi connectivity index (χ3n) is 3.40.